The van der Waals surface area contributed by atoms with Crippen LogP contribution < -0.4 is 25.6 Å². The fraction of sp³-hybridized carbons (Fsp3) is 0.368. The first-order valence-corrected chi connectivity index (χ1v) is 26.7. The normalized spacial score (nSPS) is 17.5. The van der Waals surface area contributed by atoms with Gasteiger partial charge in [-0.3, -0.25) is 44.3 Å². The maximum absolute atomic E-state index is 14.7. The summed E-state index contributed by atoms with van der Waals surface area (Å²) in [6.45, 7) is 7.94. The summed E-state index contributed by atoms with van der Waals surface area (Å²) >= 11 is 1.41. The molecule has 0 spiro atoms. The molecule has 0 aliphatic carbocycles. The lowest BCUT2D eigenvalue weighted by Gasteiger charge is -2.41. The van der Waals surface area contributed by atoms with E-state index in [1.54, 1.807) is 68.9 Å². The molecule has 3 aliphatic heterocycles. The van der Waals surface area contributed by atoms with Crippen LogP contribution in [0.2, 0.25) is 0 Å². The molecule has 7 aromatic rings. The number of nitrogens with one attached hydrogen (secondary N) is 3. The molecule has 0 radical (unpaired) electrons. The van der Waals surface area contributed by atoms with Gasteiger partial charge in [0.05, 0.1) is 46.2 Å². The fourth-order valence-electron chi connectivity index (χ4n) is 10.6. The van der Waals surface area contributed by atoms with Crippen molar-refractivity contribution in [2.75, 3.05) is 61.4 Å². The molecular weight excluding hydrogens is 1030 g/mol. The smallest absolute Gasteiger partial charge is 0.405 e. The van der Waals surface area contributed by atoms with Crippen molar-refractivity contribution < 1.29 is 46.6 Å². The summed E-state index contributed by atoms with van der Waals surface area (Å²) in [5.41, 5.74) is 5.78. The number of imide groups is 1. The summed E-state index contributed by atoms with van der Waals surface area (Å²) in [6.07, 6.45) is -3.19. The number of piperazine rings is 1. The van der Waals surface area contributed by atoms with E-state index in [1.807, 2.05) is 66.4 Å². The Labute approximate surface area is 452 Å². The number of amides is 4. The van der Waals surface area contributed by atoms with E-state index in [9.17, 15) is 37.1 Å². The third-order valence-electron chi connectivity index (χ3n) is 14.3. The highest BCUT2D eigenvalue weighted by Crippen LogP contribution is 2.37. The molecule has 2 fully saturated rings. The van der Waals surface area contributed by atoms with E-state index in [0.29, 0.717) is 87.2 Å². The standard InChI is InChI=1S/C57H59F3N10O7S/c1-33-35(36-20-22-46(63-50(36)54(75)77-56(2,3)4)70-26-24-34-12-8-14-37(40(34)30-70)52(73)65-55-62-41-16-6-7-19-44(41)78-55)13-10-18-43(33)76-29-11-25-69-28-27-68(31-45(69)57(58,59)60)32-48(72)61-42-17-9-15-38-49(66-67(5)51(38)42)39-21-23-47(71)64-53(39)74/h6-10,12-20,22,39,45H,11,21,23-32H2,1-5H3,(H,61,72)(H,62,65,73)(H,64,71,74)/t39?,45-/m0/s1. The molecule has 21 heteroatoms. The van der Waals surface area contributed by atoms with Crippen LogP contribution in [-0.4, -0.2) is 123 Å². The van der Waals surface area contributed by atoms with Gasteiger partial charge in [-0.1, -0.05) is 59.9 Å². The quantitative estimate of drug-likeness (QED) is 0.0532. The first kappa shape index (κ1) is 53.6. The number of thiazole rings is 1. The second kappa shape index (κ2) is 21.9. The topological polar surface area (TPSA) is 193 Å². The molecule has 406 valence electrons. The number of rotatable bonds is 14. The number of pyridine rings is 1. The Kier molecular flexibility index (Phi) is 15.1. The van der Waals surface area contributed by atoms with E-state index < -0.39 is 48.1 Å². The number of carbonyl (C=O) groups is 5. The largest absolute Gasteiger partial charge is 0.493 e. The van der Waals surface area contributed by atoms with Crippen LogP contribution >= 0.6 is 11.3 Å². The maximum atomic E-state index is 14.7. The average molecular weight is 1090 g/mol. The third-order valence-corrected chi connectivity index (χ3v) is 15.3. The van der Waals surface area contributed by atoms with Crippen molar-refractivity contribution in [1.29, 1.82) is 0 Å². The first-order chi connectivity index (χ1) is 37.3. The van der Waals surface area contributed by atoms with Gasteiger partial charge in [-0.05, 0) is 112 Å². The van der Waals surface area contributed by atoms with E-state index in [4.69, 9.17) is 14.5 Å². The molecule has 0 bridgehead atoms. The molecule has 78 heavy (non-hydrogen) atoms. The van der Waals surface area contributed by atoms with E-state index >= 15 is 0 Å². The van der Waals surface area contributed by atoms with Crippen LogP contribution in [0, 0.1) is 6.92 Å². The van der Waals surface area contributed by atoms with Crippen LogP contribution in [0.25, 0.3) is 32.2 Å². The van der Waals surface area contributed by atoms with E-state index in [0.717, 1.165) is 21.3 Å². The number of hydrogen-bond donors (Lipinski definition) is 3. The van der Waals surface area contributed by atoms with Gasteiger partial charge in [0, 0.05) is 69.3 Å². The molecular formula is C57H59F3N10O7S. The Morgan fingerprint density at radius 2 is 1.67 bits per heavy atom. The number of anilines is 3. The summed E-state index contributed by atoms with van der Waals surface area (Å²) in [5, 5.41) is 13.9. The van der Waals surface area contributed by atoms with Crippen LogP contribution in [-0.2, 0) is 39.1 Å². The fourth-order valence-corrected chi connectivity index (χ4v) is 11.4. The molecule has 2 saturated heterocycles. The van der Waals surface area contributed by atoms with Gasteiger partial charge in [-0.25, -0.2) is 14.8 Å². The molecule has 3 N–H and O–H groups in total. The van der Waals surface area contributed by atoms with Gasteiger partial charge in [0.2, 0.25) is 17.7 Å². The number of carbonyl (C=O) groups excluding carboxylic acids is 5. The zero-order valence-corrected chi connectivity index (χ0v) is 44.6. The number of alkyl halides is 3. The summed E-state index contributed by atoms with van der Waals surface area (Å²) < 4.78 is 58.8. The minimum atomic E-state index is -4.57. The van der Waals surface area contributed by atoms with Crippen LogP contribution in [0.3, 0.4) is 0 Å². The Bertz CT molecular complexity index is 3450. The summed E-state index contributed by atoms with van der Waals surface area (Å²) in [6, 6.07) is 25.8. The van der Waals surface area contributed by atoms with Gasteiger partial charge in [-0.15, -0.1) is 0 Å². The minimum Gasteiger partial charge on any atom is -0.493 e. The highest BCUT2D eigenvalue weighted by molar-refractivity contribution is 7.22. The molecule has 1 unspecified atom stereocenters. The van der Waals surface area contributed by atoms with E-state index in [1.165, 1.54) is 21.1 Å². The van der Waals surface area contributed by atoms with Crippen molar-refractivity contribution >= 4 is 78.7 Å². The second-order valence-electron chi connectivity index (χ2n) is 20.8. The number of fused-ring (bicyclic) bond motifs is 3. The SMILES string of the molecule is Cc1c(OCCCN2CCN(CC(=O)Nc3cccc4c(C5CCC(=O)NC5=O)nn(C)c34)C[C@H]2C(F)(F)F)cccc1-c1ccc(N2CCc3cccc(C(=O)Nc4nc5ccccc5s4)c3C2)nc1C(=O)OC(C)(C)C. The third kappa shape index (κ3) is 11.6. The number of halogens is 3. The van der Waals surface area contributed by atoms with E-state index in [2.05, 4.69) is 26.0 Å². The van der Waals surface area contributed by atoms with Gasteiger partial charge in [0.15, 0.2) is 10.8 Å². The van der Waals surface area contributed by atoms with Crippen LogP contribution in [0.1, 0.15) is 89.2 Å². The molecule has 6 heterocycles. The van der Waals surface area contributed by atoms with Crippen LogP contribution in [0.5, 0.6) is 5.75 Å². The highest BCUT2D eigenvalue weighted by Gasteiger charge is 2.46. The number of hydrogen-bond acceptors (Lipinski definition) is 14. The second-order valence-corrected chi connectivity index (χ2v) is 21.9. The molecule has 3 aromatic heterocycles. The number of ether oxygens (including phenoxy) is 2. The number of benzene rings is 4. The van der Waals surface area contributed by atoms with Gasteiger partial charge >= 0.3 is 12.1 Å². The zero-order valence-electron chi connectivity index (χ0n) is 43.8. The minimum absolute atomic E-state index is 0.0699. The Hall–Kier alpha value is -7.75. The van der Waals surface area contributed by atoms with Crippen molar-refractivity contribution in [3.8, 4) is 16.9 Å². The highest BCUT2D eigenvalue weighted by atomic mass is 32.1. The first-order valence-electron chi connectivity index (χ1n) is 25.9. The Morgan fingerprint density at radius 3 is 2.45 bits per heavy atom. The average Bonchev–Trinajstić information content (AvgIpc) is 4.12. The number of aromatic nitrogens is 4. The van der Waals surface area contributed by atoms with E-state index in [-0.39, 0.29) is 63.1 Å². The molecule has 10 rings (SSSR count). The lowest BCUT2D eigenvalue weighted by Crippen LogP contribution is -2.60. The summed E-state index contributed by atoms with van der Waals surface area (Å²) in [7, 11) is 1.67. The number of aryl methyl sites for hydroxylation is 1. The predicted molar refractivity (Wildman–Crippen MR) is 291 cm³/mol. The van der Waals surface area contributed by atoms with Crippen molar-refractivity contribution in [3.63, 3.8) is 0 Å². The van der Waals surface area contributed by atoms with Crippen molar-refractivity contribution in [2.45, 2.75) is 83.7 Å². The molecule has 0 saturated carbocycles. The Morgan fingerprint density at radius 1 is 0.872 bits per heavy atom. The number of piperidine rings is 1. The lowest BCUT2D eigenvalue weighted by molar-refractivity contribution is -0.197. The van der Waals surface area contributed by atoms with Crippen molar-refractivity contribution in [2.24, 2.45) is 7.05 Å². The van der Waals surface area contributed by atoms with Crippen molar-refractivity contribution in [1.82, 2.24) is 34.9 Å². The number of para-hydroxylation sites is 2. The lowest BCUT2D eigenvalue weighted by atomic mass is 9.92. The molecule has 17 nitrogen and oxygen atoms in total. The molecule has 4 amide bonds. The summed E-state index contributed by atoms with van der Waals surface area (Å²) in [5.74, 6) is -1.80. The zero-order chi connectivity index (χ0) is 55.0. The van der Waals surface area contributed by atoms with Crippen LogP contribution in [0.4, 0.5) is 29.8 Å². The molecule has 2 atom stereocenters. The van der Waals surface area contributed by atoms with Gasteiger partial charge in [-0.2, -0.15) is 18.3 Å². The van der Waals surface area contributed by atoms with Crippen LogP contribution in [0.15, 0.2) is 91.0 Å². The summed E-state index contributed by atoms with van der Waals surface area (Å²) in [4.78, 5) is 80.2. The van der Waals surface area contributed by atoms with Gasteiger partial charge < -0.3 is 19.7 Å². The number of esters is 1. The monoisotopic (exact) mass is 1080 g/mol. The van der Waals surface area contributed by atoms with Gasteiger partial charge in [0.25, 0.3) is 5.91 Å². The molecule has 3 aliphatic rings. The predicted octanol–water partition coefficient (Wildman–Crippen LogP) is 8.80. The van der Waals surface area contributed by atoms with Gasteiger partial charge in [0.1, 0.15) is 23.2 Å². The maximum Gasteiger partial charge on any atom is 0.405 e. The molecule has 4 aromatic carbocycles. The van der Waals surface area contributed by atoms with Crippen molar-refractivity contribution in [3.05, 3.63) is 125 Å². The number of nitrogens with zero attached hydrogens (tertiary/aromatic N) is 7. The Balaban J connectivity index is 0.785.